The number of rotatable bonds is 1. The predicted molar refractivity (Wildman–Crippen MR) is 127 cm³/mol. The van der Waals surface area contributed by atoms with Crippen LogP contribution < -0.4 is 0 Å². The molecule has 0 radical (unpaired) electrons. The first-order chi connectivity index (χ1) is 15.8. The van der Waals surface area contributed by atoms with E-state index in [1.807, 2.05) is 0 Å². The topological polar surface area (TPSA) is 82.1 Å². The largest absolute Gasteiger partial charge is 0.466 e. The third-order valence-electron chi connectivity index (χ3n) is 10.7. The van der Waals surface area contributed by atoms with Crippen molar-refractivity contribution in [2.45, 2.75) is 91.0 Å². The maximum atomic E-state index is 13.9. The summed E-state index contributed by atoms with van der Waals surface area (Å²) < 4.78 is 17.5. The molecular formula is C28H42O6. The van der Waals surface area contributed by atoms with Gasteiger partial charge in [0.1, 0.15) is 5.78 Å². The second-order valence-electron chi connectivity index (χ2n) is 13.3. The molecule has 0 amide bonds. The summed E-state index contributed by atoms with van der Waals surface area (Å²) >= 11 is 0. The maximum absolute atomic E-state index is 13.9. The van der Waals surface area contributed by atoms with E-state index in [0.29, 0.717) is 38.4 Å². The third kappa shape index (κ3) is 3.31. The molecule has 1 saturated heterocycles. The van der Waals surface area contributed by atoms with Gasteiger partial charge < -0.3 is 19.3 Å². The number of aliphatic hydroxyl groups is 1. The van der Waals surface area contributed by atoms with E-state index in [1.54, 1.807) is 6.08 Å². The molecule has 0 bridgehead atoms. The van der Waals surface area contributed by atoms with Gasteiger partial charge in [-0.1, -0.05) is 40.2 Å². The normalized spacial score (nSPS) is 48.2. The summed E-state index contributed by atoms with van der Waals surface area (Å²) in [6.07, 6.45) is 6.56. The lowest BCUT2D eigenvalue weighted by Gasteiger charge is -2.66. The van der Waals surface area contributed by atoms with Crippen LogP contribution >= 0.6 is 0 Å². The van der Waals surface area contributed by atoms with Crippen molar-refractivity contribution in [2.75, 3.05) is 20.3 Å². The van der Waals surface area contributed by atoms with Gasteiger partial charge in [0.2, 0.25) is 0 Å². The van der Waals surface area contributed by atoms with E-state index in [9.17, 15) is 14.7 Å². The number of ether oxygens (including phenoxy) is 3. The fourth-order valence-corrected chi connectivity index (χ4v) is 8.71. The van der Waals surface area contributed by atoms with Gasteiger partial charge in [0.25, 0.3) is 0 Å². The Labute approximate surface area is 203 Å². The van der Waals surface area contributed by atoms with Crippen LogP contribution in [0.3, 0.4) is 0 Å². The number of fused-ring (bicyclic) bond motifs is 5. The lowest BCUT2D eigenvalue weighted by atomic mass is 9.41. The van der Waals surface area contributed by atoms with Gasteiger partial charge >= 0.3 is 5.97 Å². The molecule has 6 nitrogen and oxygen atoms in total. The van der Waals surface area contributed by atoms with Gasteiger partial charge in [0.15, 0.2) is 5.79 Å². The second-order valence-corrected chi connectivity index (χ2v) is 13.3. The van der Waals surface area contributed by atoms with Gasteiger partial charge in [-0.3, -0.25) is 4.79 Å². The molecule has 0 aromatic rings. The Balaban J connectivity index is 1.47. The molecular weight excluding hydrogens is 432 g/mol. The zero-order valence-corrected chi connectivity index (χ0v) is 21.7. The highest BCUT2D eigenvalue weighted by Crippen LogP contribution is 2.69. The van der Waals surface area contributed by atoms with Crippen molar-refractivity contribution in [3.63, 3.8) is 0 Å². The Morgan fingerprint density at radius 2 is 1.82 bits per heavy atom. The smallest absolute Gasteiger partial charge is 0.330 e. The minimum absolute atomic E-state index is 0.0282. The summed E-state index contributed by atoms with van der Waals surface area (Å²) in [6, 6.07) is 0. The first-order valence-electron chi connectivity index (χ1n) is 13.1. The van der Waals surface area contributed by atoms with Crippen LogP contribution in [0.25, 0.3) is 0 Å². The Morgan fingerprint density at radius 3 is 2.47 bits per heavy atom. The number of carbonyl (C=O) groups is 2. The van der Waals surface area contributed by atoms with Gasteiger partial charge in [-0.05, 0) is 48.9 Å². The molecule has 4 saturated carbocycles. The van der Waals surface area contributed by atoms with E-state index in [2.05, 4.69) is 34.6 Å². The molecule has 7 atom stereocenters. The van der Waals surface area contributed by atoms with Gasteiger partial charge in [-0.25, -0.2) is 4.79 Å². The van der Waals surface area contributed by atoms with Crippen LogP contribution in [0.4, 0.5) is 0 Å². The summed E-state index contributed by atoms with van der Waals surface area (Å²) in [5, 5.41) is 12.3. The number of hydrogen-bond acceptors (Lipinski definition) is 6. The van der Waals surface area contributed by atoms with Gasteiger partial charge in [-0.2, -0.15) is 0 Å². The molecule has 5 rings (SSSR count). The Morgan fingerprint density at radius 1 is 1.15 bits per heavy atom. The number of ketones is 1. The number of esters is 1. The second kappa shape index (κ2) is 7.63. The molecule has 34 heavy (non-hydrogen) atoms. The first-order valence-corrected chi connectivity index (χ1v) is 13.1. The number of carbonyl (C=O) groups excluding carboxylic acids is 2. The zero-order valence-electron chi connectivity index (χ0n) is 21.7. The lowest BCUT2D eigenvalue weighted by molar-refractivity contribution is -0.358. The standard InChI is InChI=1S/C28H42O6/c1-17-11-19-20-8-7-18(12-22(30)32-6)25(20,4)13-21(29)23(19)26(5)9-10-27(14-28(17,26)31)33-15-24(2,3)16-34-27/h12,17,19-20,23,31H,7-11,13-16H2,1-6H3/b18-12+/t17-,19-,20-,23+,25+,26+,28-/m0/s1. The van der Waals surface area contributed by atoms with Crippen LogP contribution in [0.15, 0.2) is 11.6 Å². The molecule has 1 N–H and O–H groups in total. The molecule has 1 heterocycles. The molecule has 0 unspecified atom stereocenters. The summed E-state index contributed by atoms with van der Waals surface area (Å²) in [7, 11) is 1.40. The monoisotopic (exact) mass is 474 g/mol. The minimum atomic E-state index is -1.01. The molecule has 0 aromatic carbocycles. The summed E-state index contributed by atoms with van der Waals surface area (Å²) in [4.78, 5) is 26.0. The Hall–Kier alpha value is -1.24. The van der Waals surface area contributed by atoms with E-state index >= 15 is 0 Å². The van der Waals surface area contributed by atoms with Gasteiger partial charge in [0.05, 0.1) is 25.9 Å². The molecule has 5 aliphatic rings. The van der Waals surface area contributed by atoms with Gasteiger partial charge in [0, 0.05) is 42.1 Å². The van der Waals surface area contributed by atoms with E-state index < -0.39 is 16.8 Å². The van der Waals surface area contributed by atoms with Crippen LogP contribution in [0.2, 0.25) is 0 Å². The van der Waals surface area contributed by atoms with Crippen LogP contribution in [0.5, 0.6) is 0 Å². The van der Waals surface area contributed by atoms with E-state index in [4.69, 9.17) is 14.2 Å². The predicted octanol–water partition coefficient (Wildman–Crippen LogP) is 4.44. The van der Waals surface area contributed by atoms with Crippen molar-refractivity contribution in [1.82, 2.24) is 0 Å². The highest BCUT2D eigenvalue weighted by Gasteiger charge is 2.70. The number of methoxy groups -OCH3 is 1. The lowest BCUT2D eigenvalue weighted by Crippen LogP contribution is -2.70. The molecule has 4 aliphatic carbocycles. The summed E-state index contributed by atoms with van der Waals surface area (Å²) in [6.45, 7) is 12.0. The number of allylic oxidation sites excluding steroid dienone is 1. The Bertz CT molecular complexity index is 912. The van der Waals surface area contributed by atoms with E-state index in [-0.39, 0.29) is 40.3 Å². The highest BCUT2D eigenvalue weighted by atomic mass is 16.7. The zero-order chi connectivity index (χ0) is 24.7. The van der Waals surface area contributed by atoms with Crippen molar-refractivity contribution < 1.29 is 28.9 Å². The van der Waals surface area contributed by atoms with Crippen LogP contribution in [-0.4, -0.2) is 48.6 Å². The molecule has 190 valence electrons. The third-order valence-corrected chi connectivity index (χ3v) is 10.7. The summed E-state index contributed by atoms with van der Waals surface area (Å²) in [5.41, 5.74) is -0.785. The van der Waals surface area contributed by atoms with E-state index in [0.717, 1.165) is 31.3 Å². The molecule has 0 aromatic heterocycles. The molecule has 6 heteroatoms. The number of Topliss-reactive ketones (excluding diaryl/α,β-unsaturated/α-hetero) is 1. The average Bonchev–Trinajstić information content (AvgIpc) is 3.08. The van der Waals surface area contributed by atoms with Crippen molar-refractivity contribution in [3.05, 3.63) is 11.6 Å². The SMILES string of the molecule is COC(=O)/C=C1\CC[C@H]2[C@@H]3C[C@H](C)[C@@]4(O)CC5(CC[C@]4(C)[C@H]3C(=O)C[C@]12C)OCC(C)(C)CO5. The fourth-order valence-electron chi connectivity index (χ4n) is 8.71. The van der Waals surface area contributed by atoms with Crippen LogP contribution in [0.1, 0.15) is 79.6 Å². The molecule has 1 spiro atoms. The molecule has 1 aliphatic heterocycles. The van der Waals surface area contributed by atoms with Crippen molar-refractivity contribution in [3.8, 4) is 0 Å². The molecule has 5 fully saturated rings. The van der Waals surface area contributed by atoms with Crippen LogP contribution in [-0.2, 0) is 23.8 Å². The van der Waals surface area contributed by atoms with Crippen LogP contribution in [0, 0.1) is 39.9 Å². The van der Waals surface area contributed by atoms with Crippen molar-refractivity contribution in [1.29, 1.82) is 0 Å². The first kappa shape index (κ1) is 24.5. The number of hydrogen-bond donors (Lipinski definition) is 1. The quantitative estimate of drug-likeness (QED) is 0.447. The van der Waals surface area contributed by atoms with E-state index in [1.165, 1.54) is 7.11 Å². The van der Waals surface area contributed by atoms with Gasteiger partial charge in [-0.15, -0.1) is 0 Å². The summed E-state index contributed by atoms with van der Waals surface area (Å²) in [5.74, 6) is -0.413. The average molecular weight is 475 g/mol. The van der Waals surface area contributed by atoms with Crippen molar-refractivity contribution in [2.24, 2.45) is 39.9 Å². The maximum Gasteiger partial charge on any atom is 0.330 e. The minimum Gasteiger partial charge on any atom is -0.466 e. The highest BCUT2D eigenvalue weighted by molar-refractivity contribution is 5.87. The van der Waals surface area contributed by atoms with Crippen molar-refractivity contribution >= 4 is 11.8 Å². The fraction of sp³-hybridized carbons (Fsp3) is 0.857. The Kier molecular flexibility index (Phi) is 5.49.